The van der Waals surface area contributed by atoms with Gasteiger partial charge in [0, 0.05) is 25.3 Å². The molecule has 1 saturated heterocycles. The summed E-state index contributed by atoms with van der Waals surface area (Å²) >= 11 is 1.38. The van der Waals surface area contributed by atoms with Crippen LogP contribution in [0.1, 0.15) is 31.7 Å². The minimum atomic E-state index is -0.204. The van der Waals surface area contributed by atoms with Crippen LogP contribution >= 0.6 is 11.3 Å². The van der Waals surface area contributed by atoms with Gasteiger partial charge in [-0.15, -0.1) is 0 Å². The van der Waals surface area contributed by atoms with E-state index in [1.807, 2.05) is 38.1 Å². The Hall–Kier alpha value is -2.74. The average Bonchev–Trinajstić information content (AvgIpc) is 3.17. The average molecular weight is 412 g/mol. The molecule has 0 bridgehead atoms. The van der Waals surface area contributed by atoms with Crippen molar-refractivity contribution >= 4 is 38.4 Å². The van der Waals surface area contributed by atoms with Crippen molar-refractivity contribution < 1.29 is 4.79 Å². The highest BCUT2D eigenvalue weighted by Gasteiger charge is 2.20. The summed E-state index contributed by atoms with van der Waals surface area (Å²) < 4.78 is 1.90. The third-order valence-electron chi connectivity index (χ3n) is 5.24. The normalized spacial score (nSPS) is 14.3. The topological polar surface area (TPSA) is 71.3 Å². The van der Waals surface area contributed by atoms with Crippen LogP contribution in [-0.2, 0) is 11.3 Å². The first-order chi connectivity index (χ1) is 14.1. The number of benzene rings is 1. The van der Waals surface area contributed by atoms with Gasteiger partial charge in [0.25, 0.3) is 5.56 Å². The first kappa shape index (κ1) is 19.6. The number of likely N-dealkylation sites (N-methyl/N-ethyl adjacent to an activating group) is 1. The molecule has 2 aromatic heterocycles. The maximum Gasteiger partial charge on any atom is 0.273 e. The minimum Gasteiger partial charge on any atom is -0.348 e. The van der Waals surface area contributed by atoms with Gasteiger partial charge in [-0.2, -0.15) is 4.98 Å². The fourth-order valence-corrected chi connectivity index (χ4v) is 4.72. The Labute approximate surface area is 173 Å². The second kappa shape index (κ2) is 8.32. The summed E-state index contributed by atoms with van der Waals surface area (Å²) in [5.41, 5.74) is 2.19. The highest BCUT2D eigenvalue weighted by atomic mass is 32.1. The number of hydrogen-bond acceptors (Lipinski definition) is 6. The lowest BCUT2D eigenvalue weighted by atomic mass is 10.1. The quantitative estimate of drug-likeness (QED) is 0.645. The van der Waals surface area contributed by atoms with Crippen LogP contribution in [0.3, 0.4) is 0 Å². The third kappa shape index (κ3) is 4.03. The highest BCUT2D eigenvalue weighted by Crippen LogP contribution is 2.27. The Morgan fingerprint density at radius 1 is 1.24 bits per heavy atom. The number of nitrogens with zero attached hydrogens (tertiary/aromatic N) is 5. The van der Waals surface area contributed by atoms with Gasteiger partial charge in [0.2, 0.25) is 5.91 Å². The number of hydrogen-bond donors (Lipinski definition) is 0. The van der Waals surface area contributed by atoms with Crippen molar-refractivity contribution in [1.82, 2.24) is 14.5 Å². The maximum atomic E-state index is 13.0. The monoisotopic (exact) mass is 411 g/mol. The van der Waals surface area contributed by atoms with Crippen molar-refractivity contribution in [3.05, 3.63) is 46.5 Å². The summed E-state index contributed by atoms with van der Waals surface area (Å²) in [6.45, 7) is 6.35. The van der Waals surface area contributed by atoms with E-state index in [2.05, 4.69) is 14.9 Å². The lowest BCUT2D eigenvalue weighted by molar-refractivity contribution is -0.119. The van der Waals surface area contributed by atoms with Crippen LogP contribution in [0.25, 0.3) is 10.3 Å². The molecule has 0 N–H and O–H groups in total. The van der Waals surface area contributed by atoms with Gasteiger partial charge in [-0.05, 0) is 50.8 Å². The molecular formula is C21H25N5O2S. The van der Waals surface area contributed by atoms with E-state index < -0.39 is 0 Å². The molecule has 1 aromatic carbocycles. The van der Waals surface area contributed by atoms with Crippen molar-refractivity contribution in [2.24, 2.45) is 0 Å². The molecule has 0 aliphatic carbocycles. The van der Waals surface area contributed by atoms with Gasteiger partial charge < -0.3 is 9.80 Å². The molecular weight excluding hydrogens is 386 g/mol. The summed E-state index contributed by atoms with van der Waals surface area (Å²) in [5.74, 6) is -0.137. The van der Waals surface area contributed by atoms with E-state index in [0.29, 0.717) is 16.9 Å². The van der Waals surface area contributed by atoms with E-state index in [1.165, 1.54) is 28.7 Å². The van der Waals surface area contributed by atoms with Crippen molar-refractivity contribution in [3.8, 4) is 0 Å². The molecule has 1 aliphatic heterocycles. The second-order valence-electron chi connectivity index (χ2n) is 7.35. The van der Waals surface area contributed by atoms with E-state index in [9.17, 15) is 9.59 Å². The fourth-order valence-electron chi connectivity index (χ4n) is 3.70. The predicted molar refractivity (Wildman–Crippen MR) is 117 cm³/mol. The molecule has 1 amide bonds. The van der Waals surface area contributed by atoms with Crippen LogP contribution in [0, 0.1) is 6.92 Å². The number of amides is 1. The molecule has 8 heteroatoms. The van der Waals surface area contributed by atoms with Crippen LogP contribution in [0.5, 0.6) is 0 Å². The van der Waals surface area contributed by atoms with Gasteiger partial charge in [-0.1, -0.05) is 23.5 Å². The van der Waals surface area contributed by atoms with Crippen molar-refractivity contribution in [2.75, 3.05) is 29.4 Å². The molecule has 7 nitrogen and oxygen atoms in total. The fraction of sp³-hybridized carbons (Fsp3) is 0.429. The minimum absolute atomic E-state index is 0.0412. The molecule has 0 radical (unpaired) electrons. The molecule has 1 fully saturated rings. The van der Waals surface area contributed by atoms with E-state index in [4.69, 9.17) is 0 Å². The number of piperidine rings is 1. The van der Waals surface area contributed by atoms with Gasteiger partial charge in [0.1, 0.15) is 17.6 Å². The molecule has 0 spiro atoms. The van der Waals surface area contributed by atoms with Crippen molar-refractivity contribution in [2.45, 2.75) is 39.7 Å². The lowest BCUT2D eigenvalue weighted by Crippen LogP contribution is -2.36. The molecule has 0 unspecified atom stereocenters. The predicted octanol–water partition coefficient (Wildman–Crippen LogP) is 3.20. The van der Waals surface area contributed by atoms with Crippen LogP contribution in [0.4, 0.5) is 10.8 Å². The number of anilines is 2. The number of carbonyl (C=O) groups excluding carboxylic acids is 1. The number of aryl methyl sites for hydroxylation is 1. The molecule has 1 aliphatic rings. The Morgan fingerprint density at radius 2 is 2.03 bits per heavy atom. The molecule has 3 heterocycles. The first-order valence-corrected chi connectivity index (χ1v) is 10.9. The van der Waals surface area contributed by atoms with Crippen LogP contribution in [0.2, 0.25) is 0 Å². The molecule has 29 heavy (non-hydrogen) atoms. The maximum absolute atomic E-state index is 13.0. The molecule has 0 atom stereocenters. The standard InChI is InChI=1S/C21H25N5O2S/c1-3-26(16-9-7-8-15(2)12-16)17(27)13-25-14-22-19-18(20(25)28)29-21(23-19)24-10-5-4-6-11-24/h7-9,12,14H,3-6,10-11,13H2,1-2H3. The Morgan fingerprint density at radius 3 is 2.76 bits per heavy atom. The smallest absolute Gasteiger partial charge is 0.273 e. The zero-order valence-corrected chi connectivity index (χ0v) is 17.6. The first-order valence-electron chi connectivity index (χ1n) is 10.0. The Kier molecular flexibility index (Phi) is 5.62. The number of thiazole rings is 1. The summed E-state index contributed by atoms with van der Waals surface area (Å²) in [6.07, 6.45) is 4.97. The number of carbonyl (C=O) groups is 1. The molecule has 4 rings (SSSR count). The summed E-state index contributed by atoms with van der Waals surface area (Å²) in [6, 6.07) is 7.81. The molecule has 0 saturated carbocycles. The number of aromatic nitrogens is 3. The van der Waals surface area contributed by atoms with Gasteiger partial charge in [-0.3, -0.25) is 14.2 Å². The molecule has 3 aromatic rings. The van der Waals surface area contributed by atoms with E-state index in [1.54, 1.807) is 4.90 Å². The van der Waals surface area contributed by atoms with Gasteiger partial charge in [-0.25, -0.2) is 4.98 Å². The van der Waals surface area contributed by atoms with Crippen LogP contribution in [0.15, 0.2) is 35.4 Å². The summed E-state index contributed by atoms with van der Waals surface area (Å²) in [5, 5.41) is 0.850. The summed E-state index contributed by atoms with van der Waals surface area (Å²) in [4.78, 5) is 38.7. The third-order valence-corrected chi connectivity index (χ3v) is 6.33. The van der Waals surface area contributed by atoms with E-state index in [-0.39, 0.29) is 18.0 Å². The summed E-state index contributed by atoms with van der Waals surface area (Å²) in [7, 11) is 0. The SMILES string of the molecule is CCN(C(=O)Cn1cnc2nc(N3CCCCC3)sc2c1=O)c1cccc(C)c1. The van der Waals surface area contributed by atoms with Crippen LogP contribution < -0.4 is 15.4 Å². The van der Waals surface area contributed by atoms with Crippen molar-refractivity contribution in [1.29, 1.82) is 0 Å². The van der Waals surface area contributed by atoms with E-state index in [0.717, 1.165) is 42.3 Å². The Bertz CT molecular complexity index is 1080. The lowest BCUT2D eigenvalue weighted by Gasteiger charge is -2.25. The largest absolute Gasteiger partial charge is 0.348 e. The second-order valence-corrected chi connectivity index (χ2v) is 8.33. The highest BCUT2D eigenvalue weighted by molar-refractivity contribution is 7.22. The van der Waals surface area contributed by atoms with Crippen molar-refractivity contribution in [3.63, 3.8) is 0 Å². The van der Waals surface area contributed by atoms with Crippen LogP contribution in [-0.4, -0.2) is 40.1 Å². The zero-order valence-electron chi connectivity index (χ0n) is 16.8. The van der Waals surface area contributed by atoms with Gasteiger partial charge >= 0.3 is 0 Å². The van der Waals surface area contributed by atoms with Gasteiger partial charge in [0.05, 0.1) is 0 Å². The Balaban J connectivity index is 1.59. The number of fused-ring (bicyclic) bond motifs is 1. The number of rotatable bonds is 5. The zero-order chi connectivity index (χ0) is 20.4. The van der Waals surface area contributed by atoms with Gasteiger partial charge in [0.15, 0.2) is 10.8 Å². The molecule has 152 valence electrons. The van der Waals surface area contributed by atoms with E-state index >= 15 is 0 Å².